The molecule has 0 saturated heterocycles. The van der Waals surface area contributed by atoms with E-state index < -0.39 is 24.7 Å². The third-order valence-corrected chi connectivity index (χ3v) is 2.56. The molecule has 0 fully saturated rings. The molecule has 0 bridgehead atoms. The fraction of sp³-hybridized carbons (Fsp3) is 0.667. The number of aliphatic hydroxyl groups is 1. The van der Waals surface area contributed by atoms with Gasteiger partial charge in [0.2, 0.25) is 0 Å². The predicted molar refractivity (Wildman–Crippen MR) is 61.0 cm³/mol. The van der Waals surface area contributed by atoms with E-state index in [-0.39, 0.29) is 6.04 Å². The van der Waals surface area contributed by atoms with Crippen LogP contribution in [-0.2, 0) is 0 Å². The van der Waals surface area contributed by atoms with Gasteiger partial charge >= 0.3 is 6.18 Å². The molecular weight excluding hydrogens is 247 g/mol. The molecule has 0 aliphatic heterocycles. The highest BCUT2D eigenvalue weighted by molar-refractivity contribution is 5.02. The van der Waals surface area contributed by atoms with E-state index in [9.17, 15) is 18.3 Å². The molecule has 0 aliphatic rings. The van der Waals surface area contributed by atoms with Crippen molar-refractivity contribution >= 4 is 0 Å². The van der Waals surface area contributed by atoms with Crippen LogP contribution in [0.1, 0.15) is 38.6 Å². The zero-order valence-electron chi connectivity index (χ0n) is 10.4. The van der Waals surface area contributed by atoms with Gasteiger partial charge in [-0.25, -0.2) is 0 Å². The van der Waals surface area contributed by atoms with Gasteiger partial charge in [0.25, 0.3) is 0 Å². The highest BCUT2D eigenvalue weighted by Crippen LogP contribution is 2.23. The maximum atomic E-state index is 12.1. The molecule has 0 aromatic carbocycles. The van der Waals surface area contributed by atoms with Crippen LogP contribution in [0.5, 0.6) is 0 Å². The number of hydrogen-bond acceptors (Lipinski definition) is 3. The van der Waals surface area contributed by atoms with Crippen LogP contribution in [0.25, 0.3) is 0 Å². The van der Waals surface area contributed by atoms with Gasteiger partial charge < -0.3 is 14.8 Å². The Labute approximate surface area is 104 Å². The predicted octanol–water partition coefficient (Wildman–Crippen LogP) is 3.02. The fourth-order valence-corrected chi connectivity index (χ4v) is 1.89. The van der Waals surface area contributed by atoms with Gasteiger partial charge in [0.1, 0.15) is 11.9 Å². The lowest BCUT2D eigenvalue weighted by molar-refractivity contribution is -0.139. The van der Waals surface area contributed by atoms with Crippen LogP contribution >= 0.6 is 0 Å². The maximum Gasteiger partial charge on any atom is 0.390 e. The molecule has 0 amide bonds. The highest BCUT2D eigenvalue weighted by Gasteiger charge is 2.30. The molecule has 0 aliphatic carbocycles. The quantitative estimate of drug-likeness (QED) is 0.831. The van der Waals surface area contributed by atoms with Crippen molar-refractivity contribution in [1.82, 2.24) is 5.32 Å². The van der Waals surface area contributed by atoms with Crippen molar-refractivity contribution in [2.45, 2.75) is 51.1 Å². The van der Waals surface area contributed by atoms with Gasteiger partial charge in [-0.2, -0.15) is 13.2 Å². The number of aliphatic hydroxyl groups excluding tert-OH is 1. The molecule has 1 rings (SSSR count). The number of hydrogen-bond donors (Lipinski definition) is 2. The monoisotopic (exact) mass is 265 g/mol. The molecule has 3 atom stereocenters. The summed E-state index contributed by atoms with van der Waals surface area (Å²) in [5.74, 6) is 0.423. The first-order chi connectivity index (χ1) is 8.28. The van der Waals surface area contributed by atoms with Gasteiger partial charge in [-0.1, -0.05) is 0 Å². The minimum Gasteiger partial charge on any atom is -0.467 e. The number of halogens is 3. The van der Waals surface area contributed by atoms with Crippen molar-refractivity contribution in [3.05, 3.63) is 24.2 Å². The minimum absolute atomic E-state index is 0.234. The van der Waals surface area contributed by atoms with Crippen LogP contribution in [0.2, 0.25) is 0 Å². The average Bonchev–Trinajstić information content (AvgIpc) is 2.65. The van der Waals surface area contributed by atoms with Crippen LogP contribution in [0, 0.1) is 0 Å². The van der Waals surface area contributed by atoms with Gasteiger partial charge in [0.15, 0.2) is 0 Å². The Balaban J connectivity index is 2.35. The molecular formula is C12H18F3NO2. The van der Waals surface area contributed by atoms with Crippen LogP contribution in [0.3, 0.4) is 0 Å². The summed E-state index contributed by atoms with van der Waals surface area (Å²) in [7, 11) is 0. The molecule has 0 radical (unpaired) electrons. The van der Waals surface area contributed by atoms with Gasteiger partial charge in [-0.15, -0.1) is 0 Å². The summed E-state index contributed by atoms with van der Waals surface area (Å²) < 4.78 is 41.4. The summed E-state index contributed by atoms with van der Waals surface area (Å²) in [6.45, 7) is 3.21. The van der Waals surface area contributed by atoms with E-state index in [2.05, 4.69) is 5.32 Å². The summed E-state index contributed by atoms with van der Waals surface area (Å²) in [6.07, 6.45) is -4.11. The van der Waals surface area contributed by atoms with Crippen molar-refractivity contribution in [2.75, 3.05) is 0 Å². The van der Waals surface area contributed by atoms with Gasteiger partial charge in [0, 0.05) is 12.1 Å². The fourth-order valence-electron chi connectivity index (χ4n) is 1.89. The van der Waals surface area contributed by atoms with Crippen molar-refractivity contribution in [3.8, 4) is 0 Å². The van der Waals surface area contributed by atoms with Crippen molar-refractivity contribution in [3.63, 3.8) is 0 Å². The van der Waals surface area contributed by atoms with E-state index in [1.165, 1.54) is 13.2 Å². The average molecular weight is 265 g/mol. The second-order valence-electron chi connectivity index (χ2n) is 4.55. The lowest BCUT2D eigenvalue weighted by Crippen LogP contribution is -2.38. The van der Waals surface area contributed by atoms with E-state index in [1.54, 1.807) is 19.1 Å². The molecule has 3 unspecified atom stereocenters. The Morgan fingerprint density at radius 2 is 2.00 bits per heavy atom. The smallest absolute Gasteiger partial charge is 0.390 e. The summed E-state index contributed by atoms with van der Waals surface area (Å²) in [5, 5.41) is 12.6. The summed E-state index contributed by atoms with van der Waals surface area (Å²) in [4.78, 5) is 0. The number of rotatable bonds is 6. The third-order valence-electron chi connectivity index (χ3n) is 2.56. The standard InChI is InChI=1S/C12H18F3NO2/c1-8(16-9(2)7-12(13,14)15)6-10(17)11-4-3-5-18-11/h3-5,8-10,16-17H,6-7H2,1-2H3. The lowest BCUT2D eigenvalue weighted by atomic mass is 10.1. The lowest BCUT2D eigenvalue weighted by Gasteiger charge is -2.22. The number of furan rings is 1. The van der Waals surface area contributed by atoms with E-state index >= 15 is 0 Å². The van der Waals surface area contributed by atoms with Crippen LogP contribution in [-0.4, -0.2) is 23.4 Å². The normalized spacial score (nSPS) is 17.4. The molecule has 6 heteroatoms. The Morgan fingerprint density at radius 1 is 1.33 bits per heavy atom. The summed E-state index contributed by atoms with van der Waals surface area (Å²) in [6, 6.07) is 2.38. The SMILES string of the molecule is CC(CC(O)c1ccco1)NC(C)CC(F)(F)F. The maximum absolute atomic E-state index is 12.1. The van der Waals surface area contributed by atoms with E-state index in [4.69, 9.17) is 4.42 Å². The molecule has 104 valence electrons. The topological polar surface area (TPSA) is 45.4 Å². The zero-order chi connectivity index (χ0) is 13.8. The minimum atomic E-state index is -4.17. The summed E-state index contributed by atoms with van der Waals surface area (Å²) in [5.41, 5.74) is 0. The Morgan fingerprint density at radius 3 is 2.50 bits per heavy atom. The molecule has 3 nitrogen and oxygen atoms in total. The van der Waals surface area contributed by atoms with E-state index in [1.807, 2.05) is 0 Å². The molecule has 1 aromatic heterocycles. The Kier molecular flexibility index (Phi) is 5.22. The van der Waals surface area contributed by atoms with Gasteiger partial charge in [0.05, 0.1) is 12.7 Å². The van der Waals surface area contributed by atoms with E-state index in [0.717, 1.165) is 0 Å². The van der Waals surface area contributed by atoms with Crippen LogP contribution in [0.15, 0.2) is 22.8 Å². The number of alkyl halides is 3. The largest absolute Gasteiger partial charge is 0.467 e. The number of nitrogens with one attached hydrogen (secondary N) is 1. The molecule has 18 heavy (non-hydrogen) atoms. The molecule has 2 N–H and O–H groups in total. The first kappa shape index (κ1) is 15.0. The first-order valence-electron chi connectivity index (χ1n) is 5.82. The zero-order valence-corrected chi connectivity index (χ0v) is 10.4. The van der Waals surface area contributed by atoms with Gasteiger partial charge in [-0.05, 0) is 32.4 Å². The van der Waals surface area contributed by atoms with Crippen molar-refractivity contribution in [2.24, 2.45) is 0 Å². The van der Waals surface area contributed by atoms with Crippen molar-refractivity contribution < 1.29 is 22.7 Å². The molecule has 1 aromatic rings. The third kappa shape index (κ3) is 5.55. The Bertz CT molecular complexity index is 338. The van der Waals surface area contributed by atoms with Crippen LogP contribution < -0.4 is 5.32 Å². The molecule has 0 spiro atoms. The highest BCUT2D eigenvalue weighted by atomic mass is 19.4. The van der Waals surface area contributed by atoms with Gasteiger partial charge in [-0.3, -0.25) is 0 Å². The second kappa shape index (κ2) is 6.24. The second-order valence-corrected chi connectivity index (χ2v) is 4.55. The molecule has 0 saturated carbocycles. The first-order valence-corrected chi connectivity index (χ1v) is 5.82. The molecule has 1 heterocycles. The Hall–Kier alpha value is -1.01. The van der Waals surface area contributed by atoms with Crippen LogP contribution in [0.4, 0.5) is 13.2 Å². The summed E-state index contributed by atoms with van der Waals surface area (Å²) >= 11 is 0. The van der Waals surface area contributed by atoms with E-state index in [0.29, 0.717) is 12.2 Å². The van der Waals surface area contributed by atoms with Crippen molar-refractivity contribution in [1.29, 1.82) is 0 Å².